The summed E-state index contributed by atoms with van der Waals surface area (Å²) in [5.41, 5.74) is 3.22. The van der Waals surface area contributed by atoms with Crippen LogP contribution in [-0.2, 0) is 6.54 Å². The molecule has 5 nitrogen and oxygen atoms in total. The zero-order valence-corrected chi connectivity index (χ0v) is 12.7. The Morgan fingerprint density at radius 1 is 1.14 bits per heavy atom. The molecule has 1 amide bonds. The Kier molecular flexibility index (Phi) is 3.87. The fourth-order valence-electron chi connectivity index (χ4n) is 2.55. The molecule has 3 rings (SSSR count). The second kappa shape index (κ2) is 5.97. The SMILES string of the molecule is CCN(C(=O)c1ccc2c(c1)nnn2CC)c1ccccc1. The minimum atomic E-state index is -0.0263. The summed E-state index contributed by atoms with van der Waals surface area (Å²) in [6, 6.07) is 15.2. The zero-order valence-electron chi connectivity index (χ0n) is 12.7. The van der Waals surface area contributed by atoms with Crippen molar-refractivity contribution in [3.63, 3.8) is 0 Å². The van der Waals surface area contributed by atoms with Gasteiger partial charge in [-0.05, 0) is 44.2 Å². The van der Waals surface area contributed by atoms with Crippen molar-refractivity contribution in [2.75, 3.05) is 11.4 Å². The Labute approximate surface area is 129 Å². The molecule has 1 aromatic heterocycles. The number of hydrogen-bond acceptors (Lipinski definition) is 3. The first-order valence-electron chi connectivity index (χ1n) is 7.44. The molecule has 0 unspecified atom stereocenters. The van der Waals surface area contributed by atoms with E-state index in [2.05, 4.69) is 10.3 Å². The molecule has 0 aliphatic heterocycles. The molecule has 0 saturated heterocycles. The standard InChI is InChI=1S/C17H18N4O/c1-3-20(14-8-6-5-7-9-14)17(22)13-10-11-16-15(12-13)18-19-21(16)4-2/h5-12H,3-4H2,1-2H3. The molecule has 0 atom stereocenters. The van der Waals surface area contributed by atoms with Crippen LogP contribution in [0.1, 0.15) is 24.2 Å². The van der Waals surface area contributed by atoms with Gasteiger partial charge in [0.1, 0.15) is 5.52 Å². The van der Waals surface area contributed by atoms with Gasteiger partial charge in [0.25, 0.3) is 5.91 Å². The number of hydrogen-bond donors (Lipinski definition) is 0. The van der Waals surface area contributed by atoms with Crippen molar-refractivity contribution < 1.29 is 4.79 Å². The predicted molar refractivity (Wildman–Crippen MR) is 87.0 cm³/mol. The lowest BCUT2D eigenvalue weighted by atomic mass is 10.1. The van der Waals surface area contributed by atoms with Gasteiger partial charge in [-0.15, -0.1) is 5.10 Å². The normalized spacial score (nSPS) is 10.8. The first kappa shape index (κ1) is 14.3. The third kappa shape index (κ3) is 2.45. The predicted octanol–water partition coefficient (Wildman–Crippen LogP) is 3.12. The van der Waals surface area contributed by atoms with E-state index in [1.54, 1.807) is 4.90 Å². The molecule has 0 aliphatic carbocycles. The second-order valence-electron chi connectivity index (χ2n) is 4.99. The Bertz CT molecular complexity index is 795. The maximum Gasteiger partial charge on any atom is 0.258 e. The van der Waals surface area contributed by atoms with Gasteiger partial charge in [-0.2, -0.15) is 0 Å². The van der Waals surface area contributed by atoms with Gasteiger partial charge in [-0.3, -0.25) is 4.79 Å². The molecular formula is C17H18N4O. The van der Waals surface area contributed by atoms with E-state index in [0.29, 0.717) is 12.1 Å². The van der Waals surface area contributed by atoms with Crippen LogP contribution in [0.2, 0.25) is 0 Å². The average Bonchev–Trinajstić information content (AvgIpc) is 2.98. The minimum absolute atomic E-state index is 0.0263. The number of benzene rings is 2. The van der Waals surface area contributed by atoms with Crippen molar-refractivity contribution in [2.24, 2.45) is 0 Å². The van der Waals surface area contributed by atoms with Gasteiger partial charge >= 0.3 is 0 Å². The minimum Gasteiger partial charge on any atom is -0.309 e. The van der Waals surface area contributed by atoms with Crippen LogP contribution in [-0.4, -0.2) is 27.4 Å². The van der Waals surface area contributed by atoms with Crippen molar-refractivity contribution in [1.82, 2.24) is 15.0 Å². The van der Waals surface area contributed by atoms with Crippen LogP contribution >= 0.6 is 0 Å². The highest BCUT2D eigenvalue weighted by molar-refractivity contribution is 6.07. The van der Waals surface area contributed by atoms with Crippen LogP contribution in [0.25, 0.3) is 11.0 Å². The first-order chi connectivity index (χ1) is 10.7. The van der Waals surface area contributed by atoms with E-state index >= 15 is 0 Å². The van der Waals surface area contributed by atoms with Crippen LogP contribution in [0.3, 0.4) is 0 Å². The van der Waals surface area contributed by atoms with E-state index in [9.17, 15) is 4.79 Å². The third-order valence-electron chi connectivity index (χ3n) is 3.69. The summed E-state index contributed by atoms with van der Waals surface area (Å²) in [6.45, 7) is 5.36. The van der Waals surface area contributed by atoms with Crippen molar-refractivity contribution in [3.05, 3.63) is 54.1 Å². The molecule has 2 aromatic carbocycles. The molecule has 5 heteroatoms. The number of anilines is 1. The zero-order chi connectivity index (χ0) is 15.5. The topological polar surface area (TPSA) is 51.0 Å². The fourth-order valence-corrected chi connectivity index (χ4v) is 2.55. The van der Waals surface area contributed by atoms with Crippen molar-refractivity contribution in [1.29, 1.82) is 0 Å². The van der Waals surface area contributed by atoms with E-state index in [-0.39, 0.29) is 5.91 Å². The average molecular weight is 294 g/mol. The molecule has 0 saturated carbocycles. The lowest BCUT2D eigenvalue weighted by molar-refractivity contribution is 0.0988. The number of aromatic nitrogens is 3. The Hall–Kier alpha value is -2.69. The monoisotopic (exact) mass is 294 g/mol. The maximum absolute atomic E-state index is 12.8. The number of carbonyl (C=O) groups is 1. The number of fused-ring (bicyclic) bond motifs is 1. The van der Waals surface area contributed by atoms with Gasteiger partial charge in [0.15, 0.2) is 0 Å². The molecule has 1 heterocycles. The largest absolute Gasteiger partial charge is 0.309 e. The van der Waals surface area contributed by atoms with E-state index in [4.69, 9.17) is 0 Å². The summed E-state index contributed by atoms with van der Waals surface area (Å²) >= 11 is 0. The quantitative estimate of drug-likeness (QED) is 0.743. The lowest BCUT2D eigenvalue weighted by Gasteiger charge is -2.21. The Balaban J connectivity index is 1.97. The van der Waals surface area contributed by atoms with E-state index in [1.165, 1.54) is 0 Å². The van der Waals surface area contributed by atoms with Gasteiger partial charge < -0.3 is 4.90 Å². The van der Waals surface area contributed by atoms with Crippen LogP contribution in [0, 0.1) is 0 Å². The summed E-state index contributed by atoms with van der Waals surface area (Å²) in [4.78, 5) is 14.5. The van der Waals surface area contributed by atoms with E-state index < -0.39 is 0 Å². The van der Waals surface area contributed by atoms with Gasteiger partial charge in [0, 0.05) is 24.3 Å². The van der Waals surface area contributed by atoms with Gasteiger partial charge in [-0.1, -0.05) is 23.4 Å². The van der Waals surface area contributed by atoms with Crippen LogP contribution < -0.4 is 4.90 Å². The highest BCUT2D eigenvalue weighted by atomic mass is 16.2. The summed E-state index contributed by atoms with van der Waals surface area (Å²) in [5, 5.41) is 8.21. The summed E-state index contributed by atoms with van der Waals surface area (Å²) in [5.74, 6) is -0.0263. The molecule has 3 aromatic rings. The number of aryl methyl sites for hydroxylation is 1. The number of carbonyl (C=O) groups excluding carboxylic acids is 1. The molecule has 22 heavy (non-hydrogen) atoms. The Morgan fingerprint density at radius 2 is 1.91 bits per heavy atom. The van der Waals surface area contributed by atoms with Gasteiger partial charge in [0.05, 0.1) is 5.52 Å². The van der Waals surface area contributed by atoms with Crippen molar-refractivity contribution >= 4 is 22.6 Å². The molecule has 0 bridgehead atoms. The van der Waals surface area contributed by atoms with Gasteiger partial charge in [0.2, 0.25) is 0 Å². The summed E-state index contributed by atoms with van der Waals surface area (Å²) in [7, 11) is 0. The van der Waals surface area contributed by atoms with Crippen LogP contribution in [0.4, 0.5) is 5.69 Å². The van der Waals surface area contributed by atoms with Crippen molar-refractivity contribution in [2.45, 2.75) is 20.4 Å². The molecule has 0 N–H and O–H groups in total. The number of para-hydroxylation sites is 1. The molecule has 112 valence electrons. The molecule has 0 fully saturated rings. The molecule has 0 spiro atoms. The number of nitrogens with zero attached hydrogens (tertiary/aromatic N) is 4. The summed E-state index contributed by atoms with van der Waals surface area (Å²) < 4.78 is 1.82. The van der Waals surface area contributed by atoms with E-state index in [0.717, 1.165) is 23.3 Å². The lowest BCUT2D eigenvalue weighted by Crippen LogP contribution is -2.30. The molecule has 0 aliphatic rings. The molecular weight excluding hydrogens is 276 g/mol. The van der Waals surface area contributed by atoms with Gasteiger partial charge in [-0.25, -0.2) is 4.68 Å². The van der Waals surface area contributed by atoms with Crippen LogP contribution in [0.5, 0.6) is 0 Å². The van der Waals surface area contributed by atoms with Crippen LogP contribution in [0.15, 0.2) is 48.5 Å². The smallest absolute Gasteiger partial charge is 0.258 e. The highest BCUT2D eigenvalue weighted by Gasteiger charge is 2.17. The highest BCUT2D eigenvalue weighted by Crippen LogP contribution is 2.19. The number of amides is 1. The first-order valence-corrected chi connectivity index (χ1v) is 7.44. The summed E-state index contributed by atoms with van der Waals surface area (Å²) in [6.07, 6.45) is 0. The van der Waals surface area contributed by atoms with Crippen molar-refractivity contribution in [3.8, 4) is 0 Å². The third-order valence-corrected chi connectivity index (χ3v) is 3.69. The molecule has 0 radical (unpaired) electrons. The second-order valence-corrected chi connectivity index (χ2v) is 4.99. The maximum atomic E-state index is 12.8. The fraction of sp³-hybridized carbons (Fsp3) is 0.235. The van der Waals surface area contributed by atoms with E-state index in [1.807, 2.05) is 67.1 Å². The Morgan fingerprint density at radius 3 is 2.59 bits per heavy atom. The number of rotatable bonds is 4.